The Labute approximate surface area is 148 Å². The van der Waals surface area contributed by atoms with Crippen molar-refractivity contribution in [1.82, 2.24) is 9.97 Å². The molecule has 8 heteroatoms. The van der Waals surface area contributed by atoms with E-state index in [0.29, 0.717) is 39.6 Å². The Morgan fingerprint density at radius 3 is 2.62 bits per heavy atom. The highest BCUT2D eigenvalue weighted by Gasteiger charge is 2.39. The van der Waals surface area contributed by atoms with Crippen molar-refractivity contribution in [2.24, 2.45) is 0 Å². The molecule has 0 bridgehead atoms. The maximum Gasteiger partial charge on any atom is 0.292 e. The van der Waals surface area contributed by atoms with Gasteiger partial charge in [0, 0.05) is 28.4 Å². The first-order chi connectivity index (χ1) is 12.5. The molecule has 0 fully saturated rings. The molecule has 1 aliphatic heterocycles. The zero-order valence-electron chi connectivity index (χ0n) is 14.1. The second kappa shape index (κ2) is 5.98. The first-order valence-corrected chi connectivity index (χ1v) is 7.92. The molecule has 26 heavy (non-hydrogen) atoms. The fraction of sp³-hybridized carbons (Fsp3) is 0.222. The van der Waals surface area contributed by atoms with E-state index in [1.54, 1.807) is 31.4 Å². The molecular weight excluding hydrogens is 342 g/mol. The van der Waals surface area contributed by atoms with Gasteiger partial charge in [0.1, 0.15) is 12.1 Å². The standard InChI is InChI=1S/C18H16F2N4O2/c1-25-15-6-11-14(7-16(15)26-2)22-9-23-17(11)24-10-3-4-13-12(5-10)18(19,20)8-21-13/h3-7,9,21H,8H2,1-2H3,(H,22,23,24). The number of hydrogen-bond donors (Lipinski definition) is 2. The minimum absolute atomic E-state index is 0.0277. The van der Waals surface area contributed by atoms with Crippen LogP contribution in [0.4, 0.5) is 26.0 Å². The van der Waals surface area contributed by atoms with Gasteiger partial charge in [-0.2, -0.15) is 8.78 Å². The first-order valence-electron chi connectivity index (χ1n) is 7.92. The topological polar surface area (TPSA) is 68.3 Å². The number of ether oxygens (including phenoxy) is 2. The Hall–Kier alpha value is -3.16. The molecule has 1 aromatic heterocycles. The maximum atomic E-state index is 13.9. The number of nitrogens with zero attached hydrogens (tertiary/aromatic N) is 2. The molecule has 134 valence electrons. The van der Waals surface area contributed by atoms with Crippen molar-refractivity contribution in [2.45, 2.75) is 5.92 Å². The van der Waals surface area contributed by atoms with E-state index >= 15 is 0 Å². The van der Waals surface area contributed by atoms with Crippen LogP contribution in [0.3, 0.4) is 0 Å². The molecule has 0 unspecified atom stereocenters. The first kappa shape index (κ1) is 16.3. The third kappa shape index (κ3) is 2.63. The summed E-state index contributed by atoms with van der Waals surface area (Å²) in [6.45, 7) is -0.390. The zero-order valence-corrected chi connectivity index (χ0v) is 14.1. The van der Waals surface area contributed by atoms with Crippen LogP contribution in [-0.2, 0) is 5.92 Å². The van der Waals surface area contributed by atoms with Crippen molar-refractivity contribution in [3.8, 4) is 11.5 Å². The fourth-order valence-electron chi connectivity index (χ4n) is 3.00. The summed E-state index contributed by atoms with van der Waals surface area (Å²) in [4.78, 5) is 8.47. The molecule has 3 aromatic rings. The van der Waals surface area contributed by atoms with Gasteiger partial charge in [0.15, 0.2) is 11.5 Å². The van der Waals surface area contributed by atoms with E-state index in [1.807, 2.05) is 0 Å². The van der Waals surface area contributed by atoms with Crippen LogP contribution < -0.4 is 20.1 Å². The zero-order chi connectivity index (χ0) is 18.3. The minimum atomic E-state index is -2.89. The molecule has 2 aromatic carbocycles. The van der Waals surface area contributed by atoms with Crippen LogP contribution >= 0.6 is 0 Å². The quantitative estimate of drug-likeness (QED) is 0.737. The summed E-state index contributed by atoms with van der Waals surface area (Å²) in [5.74, 6) is -1.32. The number of aromatic nitrogens is 2. The summed E-state index contributed by atoms with van der Waals surface area (Å²) in [6.07, 6.45) is 1.40. The molecule has 1 aliphatic rings. The lowest BCUT2D eigenvalue weighted by Crippen LogP contribution is -2.15. The van der Waals surface area contributed by atoms with Crippen molar-refractivity contribution in [3.63, 3.8) is 0 Å². The van der Waals surface area contributed by atoms with Gasteiger partial charge >= 0.3 is 0 Å². The average Bonchev–Trinajstić information content (AvgIpc) is 2.95. The van der Waals surface area contributed by atoms with Gasteiger partial charge in [-0.05, 0) is 24.3 Å². The number of halogens is 2. The van der Waals surface area contributed by atoms with Gasteiger partial charge in [0.05, 0.1) is 26.3 Å². The van der Waals surface area contributed by atoms with E-state index in [0.717, 1.165) is 0 Å². The minimum Gasteiger partial charge on any atom is -0.493 e. The summed E-state index contributed by atoms with van der Waals surface area (Å²) < 4.78 is 38.5. The Morgan fingerprint density at radius 1 is 1.08 bits per heavy atom. The van der Waals surface area contributed by atoms with Gasteiger partial charge in [0.25, 0.3) is 5.92 Å². The van der Waals surface area contributed by atoms with Crippen molar-refractivity contribution in [1.29, 1.82) is 0 Å². The largest absolute Gasteiger partial charge is 0.493 e. The Bertz CT molecular complexity index is 994. The summed E-state index contributed by atoms with van der Waals surface area (Å²) in [5, 5.41) is 6.49. The maximum absolute atomic E-state index is 13.9. The van der Waals surface area contributed by atoms with Crippen LogP contribution in [0.2, 0.25) is 0 Å². The van der Waals surface area contributed by atoms with E-state index in [9.17, 15) is 8.78 Å². The van der Waals surface area contributed by atoms with E-state index in [-0.39, 0.29) is 12.1 Å². The number of fused-ring (bicyclic) bond motifs is 2. The smallest absolute Gasteiger partial charge is 0.292 e. The molecule has 0 amide bonds. The SMILES string of the molecule is COc1cc2ncnc(Nc3ccc4c(c3)C(F)(F)CN4)c2cc1OC. The van der Waals surface area contributed by atoms with Gasteiger partial charge < -0.3 is 20.1 Å². The number of benzene rings is 2. The molecule has 0 saturated carbocycles. The van der Waals surface area contributed by atoms with Crippen LogP contribution in [-0.4, -0.2) is 30.7 Å². The van der Waals surface area contributed by atoms with Gasteiger partial charge in [0.2, 0.25) is 0 Å². The summed E-state index contributed by atoms with van der Waals surface area (Å²) in [6, 6.07) is 8.28. The molecule has 4 rings (SSSR count). The van der Waals surface area contributed by atoms with Gasteiger partial charge in [-0.15, -0.1) is 0 Å². The van der Waals surface area contributed by atoms with Gasteiger partial charge in [-0.3, -0.25) is 0 Å². The normalized spacial score (nSPS) is 14.6. The third-order valence-electron chi connectivity index (χ3n) is 4.32. The lowest BCUT2D eigenvalue weighted by Gasteiger charge is -2.13. The monoisotopic (exact) mass is 358 g/mol. The second-order valence-corrected chi connectivity index (χ2v) is 5.89. The fourth-order valence-corrected chi connectivity index (χ4v) is 3.00. The highest BCUT2D eigenvalue weighted by atomic mass is 19.3. The molecule has 0 atom stereocenters. The summed E-state index contributed by atoms with van der Waals surface area (Å²) in [7, 11) is 3.08. The molecular formula is C18H16F2N4O2. The highest BCUT2D eigenvalue weighted by Crippen LogP contribution is 2.41. The van der Waals surface area contributed by atoms with E-state index < -0.39 is 5.92 Å². The number of hydrogen-bond acceptors (Lipinski definition) is 6. The van der Waals surface area contributed by atoms with Crippen molar-refractivity contribution in [3.05, 3.63) is 42.2 Å². The average molecular weight is 358 g/mol. The molecule has 0 saturated heterocycles. The summed E-state index contributed by atoms with van der Waals surface area (Å²) in [5.41, 5.74) is 1.58. The molecule has 2 N–H and O–H groups in total. The number of alkyl halides is 2. The van der Waals surface area contributed by atoms with E-state index in [4.69, 9.17) is 9.47 Å². The van der Waals surface area contributed by atoms with Crippen LogP contribution in [0.15, 0.2) is 36.7 Å². The number of methoxy groups -OCH3 is 2. The molecule has 2 heterocycles. The van der Waals surface area contributed by atoms with E-state index in [2.05, 4.69) is 20.6 Å². The van der Waals surface area contributed by atoms with Crippen LogP contribution in [0.25, 0.3) is 10.9 Å². The molecule has 6 nitrogen and oxygen atoms in total. The lowest BCUT2D eigenvalue weighted by molar-refractivity contribution is 0.0186. The predicted octanol–water partition coefficient (Wildman–Crippen LogP) is 3.91. The Morgan fingerprint density at radius 2 is 1.85 bits per heavy atom. The molecule has 0 radical (unpaired) electrons. The van der Waals surface area contributed by atoms with Crippen LogP contribution in [0, 0.1) is 0 Å². The molecule has 0 spiro atoms. The Balaban J connectivity index is 1.76. The number of anilines is 3. The predicted molar refractivity (Wildman–Crippen MR) is 94.8 cm³/mol. The summed E-state index contributed by atoms with van der Waals surface area (Å²) >= 11 is 0. The van der Waals surface area contributed by atoms with Crippen molar-refractivity contribution in [2.75, 3.05) is 31.4 Å². The second-order valence-electron chi connectivity index (χ2n) is 5.89. The number of nitrogens with one attached hydrogen (secondary N) is 2. The van der Waals surface area contributed by atoms with E-state index in [1.165, 1.54) is 19.5 Å². The van der Waals surface area contributed by atoms with Crippen LogP contribution in [0.5, 0.6) is 11.5 Å². The lowest BCUT2D eigenvalue weighted by atomic mass is 10.1. The van der Waals surface area contributed by atoms with Gasteiger partial charge in [-0.1, -0.05) is 0 Å². The van der Waals surface area contributed by atoms with Crippen molar-refractivity contribution < 1.29 is 18.3 Å². The third-order valence-corrected chi connectivity index (χ3v) is 4.32. The van der Waals surface area contributed by atoms with Gasteiger partial charge in [-0.25, -0.2) is 9.97 Å². The highest BCUT2D eigenvalue weighted by molar-refractivity contribution is 5.93. The Kier molecular flexibility index (Phi) is 3.75. The van der Waals surface area contributed by atoms with Crippen molar-refractivity contribution >= 4 is 28.1 Å². The molecule has 0 aliphatic carbocycles. The number of rotatable bonds is 4. The van der Waals surface area contributed by atoms with Crippen LogP contribution in [0.1, 0.15) is 5.56 Å².